The van der Waals surface area contributed by atoms with E-state index in [0.717, 1.165) is 55.4 Å². The number of nitrogens with zero attached hydrogens (tertiary/aromatic N) is 3. The SMILES string of the molecule is CCN(CC)Cc1ccc(P(O[C@@H]2[C@H]3N=C(C)O[C@H]3O[C@@H]3CO[C@@H](c4ccccc4)O[C@@H]23)c2ccc(CN(CC)CC)cc2)cc1. The van der Waals surface area contributed by atoms with Gasteiger partial charge in [-0.05, 0) is 37.3 Å². The third-order valence-electron chi connectivity index (χ3n) is 9.17. The van der Waals surface area contributed by atoms with E-state index in [0.29, 0.717) is 12.5 Å². The fraction of sp³-hybridized carbons (Fsp3) is 0.486. The first-order valence-corrected chi connectivity index (χ1v) is 18.0. The van der Waals surface area contributed by atoms with Gasteiger partial charge in [0.2, 0.25) is 6.29 Å². The van der Waals surface area contributed by atoms with Crippen LogP contribution in [0.3, 0.4) is 0 Å². The Morgan fingerprint density at radius 3 is 1.87 bits per heavy atom. The summed E-state index contributed by atoms with van der Waals surface area (Å²) < 4.78 is 32.5. The summed E-state index contributed by atoms with van der Waals surface area (Å²) in [5, 5.41) is 2.31. The van der Waals surface area contributed by atoms with Gasteiger partial charge < -0.3 is 23.5 Å². The maximum atomic E-state index is 7.30. The highest BCUT2D eigenvalue weighted by atomic mass is 31.1. The van der Waals surface area contributed by atoms with Crippen LogP contribution in [0.4, 0.5) is 0 Å². The van der Waals surface area contributed by atoms with Crippen LogP contribution in [0.5, 0.6) is 0 Å². The van der Waals surface area contributed by atoms with E-state index in [2.05, 4.69) is 86.0 Å². The zero-order valence-corrected chi connectivity index (χ0v) is 28.6. The first-order chi connectivity index (χ1) is 22.5. The lowest BCUT2D eigenvalue weighted by molar-refractivity contribution is -0.326. The van der Waals surface area contributed by atoms with Crippen molar-refractivity contribution in [1.29, 1.82) is 0 Å². The number of aliphatic imine (C=N–C) groups is 1. The van der Waals surface area contributed by atoms with E-state index in [1.165, 1.54) is 11.1 Å². The molecule has 0 N–H and O–H groups in total. The zero-order chi connectivity index (χ0) is 32.0. The highest BCUT2D eigenvalue weighted by Gasteiger charge is 2.54. The largest absolute Gasteiger partial charge is 0.450 e. The molecule has 0 amide bonds. The van der Waals surface area contributed by atoms with Gasteiger partial charge in [0, 0.05) is 36.2 Å². The quantitative estimate of drug-likeness (QED) is 0.219. The Kier molecular flexibility index (Phi) is 11.2. The van der Waals surface area contributed by atoms with Crippen LogP contribution in [0.1, 0.15) is 57.6 Å². The molecule has 0 radical (unpaired) electrons. The van der Waals surface area contributed by atoms with Crippen molar-refractivity contribution in [2.45, 2.75) is 84.6 Å². The van der Waals surface area contributed by atoms with Gasteiger partial charge >= 0.3 is 0 Å². The number of hydrogen-bond donors (Lipinski definition) is 0. The molecule has 246 valence electrons. The fourth-order valence-corrected chi connectivity index (χ4v) is 8.25. The van der Waals surface area contributed by atoms with Crippen LogP contribution in [0, 0.1) is 0 Å². The molecule has 0 spiro atoms. The molecule has 46 heavy (non-hydrogen) atoms. The molecule has 6 rings (SSSR count). The Bertz CT molecular complexity index is 1360. The molecule has 0 aliphatic carbocycles. The van der Waals surface area contributed by atoms with E-state index < -0.39 is 26.8 Å². The second kappa shape index (κ2) is 15.5. The molecule has 0 saturated carbocycles. The predicted molar refractivity (Wildman–Crippen MR) is 184 cm³/mol. The maximum Gasteiger partial charge on any atom is 0.227 e. The van der Waals surface area contributed by atoms with Crippen molar-refractivity contribution in [3.8, 4) is 0 Å². The summed E-state index contributed by atoms with van der Waals surface area (Å²) in [5.41, 5.74) is 3.57. The van der Waals surface area contributed by atoms with Crippen molar-refractivity contribution < 1.29 is 23.5 Å². The van der Waals surface area contributed by atoms with E-state index in [9.17, 15) is 0 Å². The lowest BCUT2D eigenvalue weighted by Crippen LogP contribution is -2.61. The van der Waals surface area contributed by atoms with Crippen LogP contribution >= 0.6 is 8.15 Å². The van der Waals surface area contributed by atoms with Crippen molar-refractivity contribution in [2.75, 3.05) is 32.8 Å². The van der Waals surface area contributed by atoms with Gasteiger partial charge in [-0.2, -0.15) is 0 Å². The summed E-state index contributed by atoms with van der Waals surface area (Å²) in [4.78, 5) is 9.73. The molecule has 3 aliphatic heterocycles. The molecule has 0 aromatic heterocycles. The Morgan fingerprint density at radius 2 is 1.33 bits per heavy atom. The van der Waals surface area contributed by atoms with Gasteiger partial charge in [-0.25, -0.2) is 4.99 Å². The second-order valence-electron chi connectivity index (χ2n) is 12.1. The molecule has 3 heterocycles. The van der Waals surface area contributed by atoms with E-state index in [4.69, 9.17) is 28.5 Å². The molecular weight excluding hydrogens is 597 g/mol. The molecule has 2 saturated heterocycles. The van der Waals surface area contributed by atoms with Gasteiger partial charge in [0.15, 0.2) is 12.2 Å². The van der Waals surface area contributed by atoms with E-state index >= 15 is 0 Å². The number of benzene rings is 3. The summed E-state index contributed by atoms with van der Waals surface area (Å²) in [7, 11) is -1.22. The van der Waals surface area contributed by atoms with Gasteiger partial charge in [-0.15, -0.1) is 0 Å². The Labute approximate surface area is 275 Å². The minimum atomic E-state index is -1.22. The Balaban J connectivity index is 1.33. The number of rotatable bonds is 13. The Hall–Kier alpha value is -2.68. The van der Waals surface area contributed by atoms with Gasteiger partial charge in [0.05, 0.1) is 14.8 Å². The molecule has 9 heteroatoms. The number of fused-ring (bicyclic) bond motifs is 2. The van der Waals surface area contributed by atoms with E-state index in [1.807, 2.05) is 37.3 Å². The first-order valence-electron chi connectivity index (χ1n) is 16.8. The monoisotopic (exact) mass is 645 g/mol. The normalized spacial score (nSPS) is 25.8. The third kappa shape index (κ3) is 7.55. The van der Waals surface area contributed by atoms with Crippen molar-refractivity contribution in [2.24, 2.45) is 4.99 Å². The maximum absolute atomic E-state index is 7.30. The minimum Gasteiger partial charge on any atom is -0.450 e. The molecular formula is C37H48N3O5P. The number of hydrogen-bond acceptors (Lipinski definition) is 8. The van der Waals surface area contributed by atoms with Crippen molar-refractivity contribution in [3.05, 3.63) is 95.6 Å². The van der Waals surface area contributed by atoms with Crippen LogP contribution in [-0.2, 0) is 36.6 Å². The van der Waals surface area contributed by atoms with Crippen molar-refractivity contribution in [1.82, 2.24) is 9.80 Å². The van der Waals surface area contributed by atoms with Gasteiger partial charge in [0.1, 0.15) is 24.4 Å². The van der Waals surface area contributed by atoms with Gasteiger partial charge in [-0.1, -0.05) is 107 Å². The topological polar surface area (TPSA) is 65.0 Å². The highest BCUT2D eigenvalue weighted by molar-refractivity contribution is 7.68. The van der Waals surface area contributed by atoms with Crippen molar-refractivity contribution >= 4 is 24.7 Å². The predicted octanol–water partition coefficient (Wildman–Crippen LogP) is 5.76. The zero-order valence-electron chi connectivity index (χ0n) is 27.7. The number of ether oxygens (including phenoxy) is 4. The molecule has 0 bridgehead atoms. The molecule has 3 aromatic rings. The summed E-state index contributed by atoms with van der Waals surface area (Å²) in [5.74, 6) is 0.605. The summed E-state index contributed by atoms with van der Waals surface area (Å²) in [6.07, 6.45) is -2.15. The van der Waals surface area contributed by atoms with Crippen LogP contribution < -0.4 is 10.6 Å². The Morgan fingerprint density at radius 1 is 0.761 bits per heavy atom. The van der Waals surface area contributed by atoms with Crippen LogP contribution in [-0.4, -0.2) is 79.1 Å². The van der Waals surface area contributed by atoms with Crippen LogP contribution in [0.15, 0.2) is 83.9 Å². The van der Waals surface area contributed by atoms with Crippen LogP contribution in [0.25, 0.3) is 0 Å². The van der Waals surface area contributed by atoms with Crippen LogP contribution in [0.2, 0.25) is 0 Å². The first kappa shape index (κ1) is 33.2. The lowest BCUT2D eigenvalue weighted by atomic mass is 9.96. The highest BCUT2D eigenvalue weighted by Crippen LogP contribution is 2.45. The summed E-state index contributed by atoms with van der Waals surface area (Å²) >= 11 is 0. The van der Waals surface area contributed by atoms with E-state index in [1.54, 1.807) is 0 Å². The lowest BCUT2D eigenvalue weighted by Gasteiger charge is -2.47. The van der Waals surface area contributed by atoms with E-state index in [-0.39, 0.29) is 18.2 Å². The molecule has 6 atom stereocenters. The summed E-state index contributed by atoms with van der Waals surface area (Å²) in [6, 6.07) is 27.6. The summed E-state index contributed by atoms with van der Waals surface area (Å²) in [6.45, 7) is 17.1. The molecule has 0 unspecified atom stereocenters. The molecule has 8 nitrogen and oxygen atoms in total. The fourth-order valence-electron chi connectivity index (χ4n) is 6.38. The minimum absolute atomic E-state index is 0.336. The second-order valence-corrected chi connectivity index (χ2v) is 13.9. The average molecular weight is 646 g/mol. The average Bonchev–Trinajstić information content (AvgIpc) is 3.48. The molecule has 2 fully saturated rings. The standard InChI is InChI=1S/C37H48N3O5P/c1-6-39(7-2)23-27-15-19-30(20-16-27)46(31-21-17-28(18-22-31)24-40(8-3)9-4)45-35-33-37(42-26(5)38-33)43-32-25-41-36(44-34(32)35)29-13-11-10-12-14-29/h10-22,32-37H,6-9,23-25H2,1-5H3/t32-,33-,34-,35-,36-,37+/m1/s1. The van der Waals surface area contributed by atoms with Gasteiger partial charge in [-0.3, -0.25) is 9.80 Å². The molecule has 3 aromatic carbocycles. The third-order valence-corrected chi connectivity index (χ3v) is 11.2. The smallest absolute Gasteiger partial charge is 0.227 e. The van der Waals surface area contributed by atoms with Crippen molar-refractivity contribution in [3.63, 3.8) is 0 Å². The molecule has 3 aliphatic rings. The van der Waals surface area contributed by atoms with Gasteiger partial charge in [0.25, 0.3) is 0 Å².